The molecule has 1 aromatic heterocycles. The summed E-state index contributed by atoms with van der Waals surface area (Å²) in [5.74, 6) is -0.308. The van der Waals surface area contributed by atoms with Crippen LogP contribution in [0, 0.1) is 11.6 Å². The fraction of sp³-hybridized carbons (Fsp3) is 0.0909. The minimum Gasteiger partial charge on any atom is -0.382 e. The molecule has 3 aromatic rings. The molecule has 0 saturated carbocycles. The third-order valence-electron chi connectivity index (χ3n) is 5.08. The molecule has 0 radical (unpaired) electrons. The maximum atomic E-state index is 13.5. The van der Waals surface area contributed by atoms with Gasteiger partial charge in [0.1, 0.15) is 17.9 Å². The summed E-state index contributed by atoms with van der Waals surface area (Å²) in [6, 6.07) is 12.5. The van der Waals surface area contributed by atoms with Crippen LogP contribution in [-0.2, 0) is 16.6 Å². The third-order valence-corrected chi connectivity index (χ3v) is 5.08. The Balaban J connectivity index is 1.92. The Kier molecular flexibility index (Phi) is 4.39. The Bertz CT molecular complexity index is 1030. The Hall–Kier alpha value is -3.54. The van der Waals surface area contributed by atoms with E-state index in [2.05, 4.69) is 5.10 Å². The second-order valence-corrected chi connectivity index (χ2v) is 6.66. The maximum Gasteiger partial charge on any atom is 0.153 e. The molecule has 140 valence electrons. The van der Waals surface area contributed by atoms with Crippen molar-refractivity contribution < 1.29 is 13.6 Å². The first kappa shape index (κ1) is 17.9. The molecule has 1 aliphatic carbocycles. The highest BCUT2D eigenvalue weighted by Gasteiger charge is 2.37. The number of fused-ring (bicyclic) bond motifs is 1. The van der Waals surface area contributed by atoms with Gasteiger partial charge in [-0.3, -0.25) is 4.79 Å². The van der Waals surface area contributed by atoms with Crippen LogP contribution in [0.25, 0.3) is 12.3 Å². The number of benzene rings is 2. The average Bonchev–Trinajstić information content (AvgIpc) is 3.02. The molecule has 0 unspecified atom stereocenters. The van der Waals surface area contributed by atoms with E-state index in [-0.39, 0.29) is 11.6 Å². The van der Waals surface area contributed by atoms with Crippen LogP contribution in [0.15, 0.2) is 60.7 Å². The number of halogens is 2. The van der Waals surface area contributed by atoms with Crippen molar-refractivity contribution in [2.75, 3.05) is 5.73 Å². The molecule has 6 heteroatoms. The first-order chi connectivity index (χ1) is 13.5. The molecular weight excluding hydrogens is 360 g/mol. The first-order valence-electron chi connectivity index (χ1n) is 8.73. The van der Waals surface area contributed by atoms with Crippen molar-refractivity contribution in [3.05, 3.63) is 94.7 Å². The Morgan fingerprint density at radius 1 is 1.00 bits per heavy atom. The summed E-state index contributed by atoms with van der Waals surface area (Å²) >= 11 is 0. The van der Waals surface area contributed by atoms with Crippen molar-refractivity contribution >= 4 is 24.4 Å². The van der Waals surface area contributed by atoms with Gasteiger partial charge in [0.2, 0.25) is 0 Å². The summed E-state index contributed by atoms with van der Waals surface area (Å²) in [6.07, 6.45) is 7.87. The van der Waals surface area contributed by atoms with E-state index in [4.69, 9.17) is 5.73 Å². The molecule has 0 saturated heterocycles. The molecule has 28 heavy (non-hydrogen) atoms. The van der Waals surface area contributed by atoms with Crippen molar-refractivity contribution in [1.29, 1.82) is 0 Å². The van der Waals surface area contributed by atoms with E-state index in [0.717, 1.165) is 22.4 Å². The zero-order chi connectivity index (χ0) is 19.7. The van der Waals surface area contributed by atoms with Crippen molar-refractivity contribution in [3.63, 3.8) is 0 Å². The fourth-order valence-electron chi connectivity index (χ4n) is 3.71. The molecular formula is C22H17F2N3O. The number of hydrogen-bond acceptors (Lipinski definition) is 3. The molecule has 0 atom stereocenters. The third kappa shape index (κ3) is 2.93. The number of allylic oxidation sites excluding steroid dienone is 2. The van der Waals surface area contributed by atoms with Crippen LogP contribution in [0.5, 0.6) is 0 Å². The van der Waals surface area contributed by atoms with E-state index in [1.54, 1.807) is 35.1 Å². The summed E-state index contributed by atoms with van der Waals surface area (Å²) < 4.78 is 28.7. The van der Waals surface area contributed by atoms with Crippen LogP contribution in [0.1, 0.15) is 22.4 Å². The van der Waals surface area contributed by atoms with Gasteiger partial charge in [0, 0.05) is 23.6 Å². The number of aromatic nitrogens is 2. The van der Waals surface area contributed by atoms with Crippen molar-refractivity contribution in [2.45, 2.75) is 11.8 Å². The highest BCUT2D eigenvalue weighted by atomic mass is 19.1. The van der Waals surface area contributed by atoms with Gasteiger partial charge in [-0.05, 0) is 41.5 Å². The van der Waals surface area contributed by atoms with Crippen molar-refractivity contribution in [2.24, 2.45) is 0 Å². The number of carbonyl (C=O) groups is 1. The summed E-state index contributed by atoms with van der Waals surface area (Å²) in [7, 11) is 0. The lowest BCUT2D eigenvalue weighted by molar-refractivity contribution is -0.104. The quantitative estimate of drug-likeness (QED) is 0.553. The molecule has 2 aromatic carbocycles. The van der Waals surface area contributed by atoms with Gasteiger partial charge in [0.25, 0.3) is 0 Å². The second kappa shape index (κ2) is 6.88. The van der Waals surface area contributed by atoms with Crippen LogP contribution in [0.4, 0.5) is 14.6 Å². The van der Waals surface area contributed by atoms with E-state index in [0.29, 0.717) is 18.5 Å². The van der Waals surface area contributed by atoms with Gasteiger partial charge >= 0.3 is 0 Å². The van der Waals surface area contributed by atoms with Gasteiger partial charge in [-0.1, -0.05) is 36.4 Å². The minimum absolute atomic E-state index is 0.332. The molecule has 1 heterocycles. The number of carbonyl (C=O) groups excluding carboxylic acids is 1. The van der Waals surface area contributed by atoms with Crippen LogP contribution in [-0.4, -0.2) is 16.1 Å². The lowest BCUT2D eigenvalue weighted by Crippen LogP contribution is -2.31. The first-order valence-corrected chi connectivity index (χ1v) is 8.73. The van der Waals surface area contributed by atoms with Crippen molar-refractivity contribution in [3.8, 4) is 0 Å². The predicted molar refractivity (Wildman–Crippen MR) is 104 cm³/mol. The van der Waals surface area contributed by atoms with Gasteiger partial charge in [-0.15, -0.1) is 0 Å². The topological polar surface area (TPSA) is 60.9 Å². The number of nitrogen functional groups attached to an aromatic ring is 1. The zero-order valence-electron chi connectivity index (χ0n) is 14.8. The molecule has 0 spiro atoms. The minimum atomic E-state index is -0.659. The van der Waals surface area contributed by atoms with E-state index in [9.17, 15) is 13.6 Å². The van der Waals surface area contributed by atoms with Crippen LogP contribution >= 0.6 is 0 Å². The molecule has 0 fully saturated rings. The number of aldehydes is 1. The summed E-state index contributed by atoms with van der Waals surface area (Å²) in [4.78, 5) is 10.7. The number of hydrogen-bond donors (Lipinski definition) is 1. The lowest BCUT2D eigenvalue weighted by Gasteiger charge is -2.35. The zero-order valence-corrected chi connectivity index (χ0v) is 14.8. The molecule has 1 aliphatic rings. The summed E-state index contributed by atoms with van der Waals surface area (Å²) in [6.45, 7) is 0. The molecule has 4 nitrogen and oxygen atoms in total. The maximum absolute atomic E-state index is 13.5. The van der Waals surface area contributed by atoms with Gasteiger partial charge in [-0.2, -0.15) is 5.10 Å². The second-order valence-electron chi connectivity index (χ2n) is 6.66. The summed E-state index contributed by atoms with van der Waals surface area (Å²) in [5, 5.41) is 4.29. The fourth-order valence-corrected chi connectivity index (χ4v) is 3.71. The lowest BCUT2D eigenvalue weighted by atomic mass is 9.68. The molecule has 0 bridgehead atoms. The van der Waals surface area contributed by atoms with E-state index in [1.807, 2.05) is 12.2 Å². The van der Waals surface area contributed by atoms with Crippen LogP contribution < -0.4 is 5.73 Å². The predicted octanol–water partition coefficient (Wildman–Crippen LogP) is 3.97. The number of anilines is 1. The number of nitrogens with zero attached hydrogens (tertiary/aromatic N) is 2. The molecule has 0 aliphatic heterocycles. The standard InChI is InChI=1S/C22H17F2N3O/c23-17-6-2-15(3-7-17)22(16-4-8-18(24)9-5-16)11-10-19-20(14-22)27(12-1-13-28)26-21(19)25/h1-13H,14H2,(H2,25,26). The molecule has 0 amide bonds. The van der Waals surface area contributed by atoms with Crippen LogP contribution in [0.2, 0.25) is 0 Å². The molecule has 4 rings (SSSR count). The number of nitrogens with two attached hydrogens (primary N) is 1. The summed E-state index contributed by atoms with van der Waals surface area (Å²) in [5.41, 5.74) is 8.67. The Labute approximate surface area is 160 Å². The van der Waals surface area contributed by atoms with E-state index >= 15 is 0 Å². The monoisotopic (exact) mass is 377 g/mol. The van der Waals surface area contributed by atoms with Gasteiger partial charge in [0.05, 0.1) is 5.69 Å². The van der Waals surface area contributed by atoms with Gasteiger partial charge in [0.15, 0.2) is 5.82 Å². The van der Waals surface area contributed by atoms with Gasteiger partial charge < -0.3 is 5.73 Å². The molecule has 2 N–H and O–H groups in total. The highest BCUT2D eigenvalue weighted by Crippen LogP contribution is 2.42. The normalized spacial score (nSPS) is 14.9. The van der Waals surface area contributed by atoms with E-state index in [1.165, 1.54) is 30.3 Å². The van der Waals surface area contributed by atoms with E-state index < -0.39 is 5.41 Å². The largest absolute Gasteiger partial charge is 0.382 e. The van der Waals surface area contributed by atoms with Gasteiger partial charge in [-0.25, -0.2) is 13.5 Å². The van der Waals surface area contributed by atoms with Crippen LogP contribution in [0.3, 0.4) is 0 Å². The Morgan fingerprint density at radius 3 is 2.11 bits per heavy atom. The average molecular weight is 377 g/mol. The van der Waals surface area contributed by atoms with Crippen molar-refractivity contribution in [1.82, 2.24) is 9.78 Å². The smallest absolute Gasteiger partial charge is 0.153 e. The number of rotatable bonds is 4. The Morgan fingerprint density at radius 2 is 1.57 bits per heavy atom. The SMILES string of the molecule is Nc1nn(C=CC=O)c2c1C=CC(c1ccc(F)cc1)(c1ccc(F)cc1)C2. The highest BCUT2D eigenvalue weighted by molar-refractivity contribution is 5.73.